The lowest BCUT2D eigenvalue weighted by Gasteiger charge is -2.34. The SMILES string of the molecule is Cc1cccc(-n2cc([C@@H]3CCN4CCC[C@H]4C3)c3cc(F)ccc32)c1. The van der Waals surface area contributed by atoms with E-state index in [9.17, 15) is 4.39 Å². The van der Waals surface area contributed by atoms with Gasteiger partial charge in [-0.05, 0) is 93.1 Å². The molecule has 0 bridgehead atoms. The van der Waals surface area contributed by atoms with Crippen molar-refractivity contribution in [2.75, 3.05) is 13.1 Å². The Morgan fingerprint density at radius 2 is 1.96 bits per heavy atom. The third-order valence-electron chi connectivity index (χ3n) is 6.34. The Morgan fingerprint density at radius 3 is 2.85 bits per heavy atom. The molecule has 0 aliphatic carbocycles. The van der Waals surface area contributed by atoms with Crippen LogP contribution in [0.5, 0.6) is 0 Å². The maximum atomic E-state index is 14.1. The van der Waals surface area contributed by atoms with Gasteiger partial charge in [0.1, 0.15) is 5.82 Å². The van der Waals surface area contributed by atoms with E-state index < -0.39 is 0 Å². The number of rotatable bonds is 2. The molecule has 1 aromatic heterocycles. The fourth-order valence-electron chi connectivity index (χ4n) is 5.05. The Morgan fingerprint density at radius 1 is 1.04 bits per heavy atom. The van der Waals surface area contributed by atoms with E-state index in [2.05, 4.69) is 46.9 Å². The molecule has 0 unspecified atom stereocenters. The highest BCUT2D eigenvalue weighted by Crippen LogP contribution is 2.40. The first-order valence-electron chi connectivity index (χ1n) is 9.80. The van der Waals surface area contributed by atoms with E-state index in [0.717, 1.165) is 22.6 Å². The highest BCUT2D eigenvalue weighted by Gasteiger charge is 2.33. The Balaban J connectivity index is 1.62. The molecular formula is C23H25FN2. The molecule has 2 atom stereocenters. The van der Waals surface area contributed by atoms with Crippen molar-refractivity contribution in [1.82, 2.24) is 9.47 Å². The number of hydrogen-bond acceptors (Lipinski definition) is 1. The average molecular weight is 348 g/mol. The highest BCUT2D eigenvalue weighted by molar-refractivity contribution is 5.86. The number of piperidine rings is 1. The minimum atomic E-state index is -0.140. The van der Waals surface area contributed by atoms with Crippen molar-refractivity contribution >= 4 is 10.9 Å². The summed E-state index contributed by atoms with van der Waals surface area (Å²) < 4.78 is 16.3. The summed E-state index contributed by atoms with van der Waals surface area (Å²) in [6.07, 6.45) is 7.32. The summed E-state index contributed by atoms with van der Waals surface area (Å²) in [7, 11) is 0. The van der Waals surface area contributed by atoms with Crippen molar-refractivity contribution in [3.05, 3.63) is 65.6 Å². The molecule has 134 valence electrons. The van der Waals surface area contributed by atoms with Crippen molar-refractivity contribution in [1.29, 1.82) is 0 Å². The minimum Gasteiger partial charge on any atom is -0.316 e. The van der Waals surface area contributed by atoms with Crippen LogP contribution < -0.4 is 0 Å². The van der Waals surface area contributed by atoms with Crippen molar-refractivity contribution in [3.8, 4) is 5.69 Å². The molecule has 3 aromatic rings. The van der Waals surface area contributed by atoms with Crippen LogP contribution in [0.3, 0.4) is 0 Å². The molecule has 2 aliphatic rings. The van der Waals surface area contributed by atoms with Gasteiger partial charge in [-0.3, -0.25) is 0 Å². The van der Waals surface area contributed by atoms with Crippen molar-refractivity contribution < 1.29 is 4.39 Å². The Bertz CT molecular complexity index is 958. The van der Waals surface area contributed by atoms with Crippen LogP contribution in [0.1, 0.15) is 42.7 Å². The zero-order valence-corrected chi connectivity index (χ0v) is 15.3. The standard InChI is InChI=1S/C23H25FN2/c1-16-4-2-5-20(12-16)26-15-22(21-14-18(24)7-8-23(21)26)17-9-11-25-10-3-6-19(25)13-17/h2,4-5,7-8,12,14-15,17,19H,3,6,9-11,13H2,1H3/t17-,19+/m1/s1. The predicted octanol–water partition coefficient (Wildman–Crippen LogP) is 5.42. The zero-order valence-electron chi connectivity index (χ0n) is 15.3. The molecule has 3 heterocycles. The predicted molar refractivity (Wildman–Crippen MR) is 105 cm³/mol. The van der Waals surface area contributed by atoms with Gasteiger partial charge in [-0.25, -0.2) is 4.39 Å². The minimum absolute atomic E-state index is 0.140. The molecular weight excluding hydrogens is 323 g/mol. The molecule has 0 N–H and O–H groups in total. The van der Waals surface area contributed by atoms with Crippen molar-refractivity contribution in [2.24, 2.45) is 0 Å². The van der Waals surface area contributed by atoms with E-state index in [-0.39, 0.29) is 5.82 Å². The summed E-state index contributed by atoms with van der Waals surface area (Å²) in [5.41, 5.74) is 4.84. The van der Waals surface area contributed by atoms with Gasteiger partial charge < -0.3 is 9.47 Å². The first kappa shape index (κ1) is 16.1. The molecule has 2 fully saturated rings. The molecule has 26 heavy (non-hydrogen) atoms. The number of halogens is 1. The molecule has 0 spiro atoms. The molecule has 0 radical (unpaired) electrons. The maximum absolute atomic E-state index is 14.1. The van der Waals surface area contributed by atoms with E-state index >= 15 is 0 Å². The topological polar surface area (TPSA) is 8.17 Å². The Kier molecular flexibility index (Phi) is 3.86. The summed E-state index contributed by atoms with van der Waals surface area (Å²) in [5, 5.41) is 1.09. The van der Waals surface area contributed by atoms with Gasteiger partial charge in [0.25, 0.3) is 0 Å². The first-order valence-corrected chi connectivity index (χ1v) is 9.80. The summed E-state index contributed by atoms with van der Waals surface area (Å²) in [6.45, 7) is 4.56. The number of hydrogen-bond donors (Lipinski definition) is 0. The molecule has 0 saturated carbocycles. The highest BCUT2D eigenvalue weighted by atomic mass is 19.1. The number of aromatic nitrogens is 1. The second kappa shape index (κ2) is 6.24. The van der Waals surface area contributed by atoms with Gasteiger partial charge in [0.05, 0.1) is 5.52 Å². The summed E-state index contributed by atoms with van der Waals surface area (Å²) >= 11 is 0. The quantitative estimate of drug-likeness (QED) is 0.600. The van der Waals surface area contributed by atoms with Gasteiger partial charge in [0.2, 0.25) is 0 Å². The maximum Gasteiger partial charge on any atom is 0.123 e. The van der Waals surface area contributed by atoms with Crippen LogP contribution in [0.15, 0.2) is 48.7 Å². The Labute approximate surface area is 154 Å². The molecule has 2 aromatic carbocycles. The molecule has 2 saturated heterocycles. The largest absolute Gasteiger partial charge is 0.316 e. The average Bonchev–Trinajstić information content (AvgIpc) is 3.25. The van der Waals surface area contributed by atoms with Crippen molar-refractivity contribution in [2.45, 2.75) is 44.6 Å². The smallest absolute Gasteiger partial charge is 0.123 e. The van der Waals surface area contributed by atoms with Crippen LogP contribution in [0.25, 0.3) is 16.6 Å². The van der Waals surface area contributed by atoms with Crippen molar-refractivity contribution in [3.63, 3.8) is 0 Å². The molecule has 2 aliphatic heterocycles. The summed E-state index contributed by atoms with van der Waals surface area (Å²) in [6, 6.07) is 14.5. The number of benzene rings is 2. The normalized spacial score (nSPS) is 23.5. The van der Waals surface area contributed by atoms with Crippen LogP contribution in [-0.4, -0.2) is 28.6 Å². The lowest BCUT2D eigenvalue weighted by Crippen LogP contribution is -2.37. The number of aryl methyl sites for hydroxylation is 1. The van der Waals surface area contributed by atoms with Gasteiger partial charge >= 0.3 is 0 Å². The first-order chi connectivity index (χ1) is 12.7. The monoisotopic (exact) mass is 348 g/mol. The summed E-state index contributed by atoms with van der Waals surface area (Å²) in [4.78, 5) is 2.65. The van der Waals surface area contributed by atoms with E-state index in [4.69, 9.17) is 0 Å². The van der Waals surface area contributed by atoms with Gasteiger partial charge in [0.15, 0.2) is 0 Å². The lowest BCUT2D eigenvalue weighted by molar-refractivity contribution is 0.181. The van der Waals surface area contributed by atoms with Crippen LogP contribution in [-0.2, 0) is 0 Å². The van der Waals surface area contributed by atoms with Gasteiger partial charge in [-0.2, -0.15) is 0 Å². The van der Waals surface area contributed by atoms with Crippen LogP contribution in [0.4, 0.5) is 4.39 Å². The van der Waals surface area contributed by atoms with Crippen LogP contribution >= 0.6 is 0 Å². The number of fused-ring (bicyclic) bond motifs is 2. The second-order valence-electron chi connectivity index (χ2n) is 8.01. The lowest BCUT2D eigenvalue weighted by atomic mass is 9.85. The van der Waals surface area contributed by atoms with E-state index in [1.165, 1.54) is 49.9 Å². The third-order valence-corrected chi connectivity index (χ3v) is 6.34. The van der Waals surface area contributed by atoms with Gasteiger partial charge in [-0.15, -0.1) is 0 Å². The van der Waals surface area contributed by atoms with Gasteiger partial charge in [-0.1, -0.05) is 12.1 Å². The Hall–Kier alpha value is -2.13. The van der Waals surface area contributed by atoms with E-state index in [1.54, 1.807) is 12.1 Å². The van der Waals surface area contributed by atoms with E-state index in [0.29, 0.717) is 5.92 Å². The molecule has 0 amide bonds. The molecule has 2 nitrogen and oxygen atoms in total. The fourth-order valence-corrected chi connectivity index (χ4v) is 5.05. The van der Waals surface area contributed by atoms with Gasteiger partial charge in [0, 0.05) is 23.3 Å². The summed E-state index contributed by atoms with van der Waals surface area (Å²) in [5.74, 6) is 0.392. The van der Waals surface area contributed by atoms with Crippen LogP contribution in [0.2, 0.25) is 0 Å². The number of nitrogens with zero attached hydrogens (tertiary/aromatic N) is 2. The molecule has 5 rings (SSSR count). The fraction of sp³-hybridized carbons (Fsp3) is 0.391. The van der Waals surface area contributed by atoms with Crippen LogP contribution in [0, 0.1) is 12.7 Å². The zero-order chi connectivity index (χ0) is 17.7. The van der Waals surface area contributed by atoms with E-state index in [1.807, 2.05) is 6.07 Å². The second-order valence-corrected chi connectivity index (χ2v) is 8.01. The molecule has 3 heteroatoms. The third kappa shape index (κ3) is 2.66.